The zero-order chi connectivity index (χ0) is 14.4. The Morgan fingerprint density at radius 3 is 2.70 bits per heavy atom. The van der Waals surface area contributed by atoms with E-state index in [1.54, 1.807) is 0 Å². The molecule has 3 nitrogen and oxygen atoms in total. The Bertz CT molecular complexity index is 598. The van der Waals surface area contributed by atoms with E-state index < -0.39 is 0 Å². The second-order valence-electron chi connectivity index (χ2n) is 4.34. The number of likely N-dealkylation sites (N-methyl/N-ethyl adjacent to an activating group) is 1. The highest BCUT2D eigenvalue weighted by molar-refractivity contribution is 8.00. The van der Waals surface area contributed by atoms with Gasteiger partial charge in [0.2, 0.25) is 5.91 Å². The number of rotatable bonds is 6. The van der Waals surface area contributed by atoms with Gasteiger partial charge in [-0.05, 0) is 24.6 Å². The molecule has 0 heterocycles. The number of thioether (sulfide) groups is 1. The monoisotopic (exact) mass is 308 g/mol. The quantitative estimate of drug-likeness (QED) is 0.637. The molecule has 0 aliphatic heterocycles. The highest BCUT2D eigenvalue weighted by Crippen LogP contribution is 2.32. The van der Waals surface area contributed by atoms with Crippen LogP contribution < -0.4 is 10.6 Å². The van der Waals surface area contributed by atoms with Crippen LogP contribution in [0.2, 0.25) is 5.02 Å². The van der Waals surface area contributed by atoms with Crippen molar-refractivity contribution in [3.8, 4) is 0 Å². The van der Waals surface area contributed by atoms with Crippen molar-refractivity contribution in [2.75, 3.05) is 25.9 Å². The maximum atomic E-state index is 11.7. The third-order valence-corrected chi connectivity index (χ3v) is 4.24. The molecule has 0 aliphatic carbocycles. The van der Waals surface area contributed by atoms with Gasteiger partial charge in [0.25, 0.3) is 0 Å². The van der Waals surface area contributed by atoms with Crippen LogP contribution >= 0.6 is 23.4 Å². The minimum Gasteiger partial charge on any atom is -0.354 e. The second kappa shape index (κ2) is 7.53. The molecule has 0 radical (unpaired) electrons. The molecular formula is C15H17ClN2OS. The lowest BCUT2D eigenvalue weighted by Gasteiger charge is -2.08. The van der Waals surface area contributed by atoms with E-state index in [0.29, 0.717) is 12.3 Å². The summed E-state index contributed by atoms with van der Waals surface area (Å²) in [5.74, 6) is 0.433. The summed E-state index contributed by atoms with van der Waals surface area (Å²) >= 11 is 7.77. The normalized spacial score (nSPS) is 10.7. The Kier molecular flexibility index (Phi) is 5.71. The van der Waals surface area contributed by atoms with E-state index in [0.717, 1.165) is 27.2 Å². The molecule has 0 spiro atoms. The number of benzene rings is 2. The van der Waals surface area contributed by atoms with Crippen LogP contribution in [0.3, 0.4) is 0 Å². The number of hydrogen-bond acceptors (Lipinski definition) is 3. The topological polar surface area (TPSA) is 41.1 Å². The molecule has 0 bridgehead atoms. The van der Waals surface area contributed by atoms with Gasteiger partial charge >= 0.3 is 0 Å². The standard InChI is InChI=1S/C15H17ClN2OS/c1-17-8-9-18-14(19)10-20-13-7-3-5-11-4-2-6-12(16)15(11)13/h2-7,17H,8-10H2,1H3,(H,18,19). The minimum atomic E-state index is 0.0364. The molecule has 5 heteroatoms. The summed E-state index contributed by atoms with van der Waals surface area (Å²) in [5.41, 5.74) is 0. The Balaban J connectivity index is 2.05. The maximum Gasteiger partial charge on any atom is 0.230 e. The van der Waals surface area contributed by atoms with E-state index in [-0.39, 0.29) is 5.91 Å². The summed E-state index contributed by atoms with van der Waals surface area (Å²) < 4.78 is 0. The Labute approximate surface area is 128 Å². The van der Waals surface area contributed by atoms with Crippen molar-refractivity contribution in [1.29, 1.82) is 0 Å². The summed E-state index contributed by atoms with van der Waals surface area (Å²) in [6, 6.07) is 11.8. The SMILES string of the molecule is CNCCNC(=O)CSc1cccc2cccc(Cl)c12. The number of nitrogens with one attached hydrogen (secondary N) is 2. The van der Waals surface area contributed by atoms with Crippen LogP contribution in [-0.2, 0) is 4.79 Å². The van der Waals surface area contributed by atoms with Crippen molar-refractivity contribution in [3.05, 3.63) is 41.4 Å². The summed E-state index contributed by atoms with van der Waals surface area (Å²) in [5, 5.41) is 8.69. The number of fused-ring (bicyclic) bond motifs is 1. The lowest BCUT2D eigenvalue weighted by atomic mass is 10.1. The van der Waals surface area contributed by atoms with Gasteiger partial charge in [-0.2, -0.15) is 0 Å². The average molecular weight is 309 g/mol. The van der Waals surface area contributed by atoms with Crippen LogP contribution in [0.4, 0.5) is 0 Å². The van der Waals surface area contributed by atoms with Crippen LogP contribution in [0.15, 0.2) is 41.3 Å². The second-order valence-corrected chi connectivity index (χ2v) is 5.76. The van der Waals surface area contributed by atoms with Crippen LogP contribution in [0.5, 0.6) is 0 Å². The van der Waals surface area contributed by atoms with Gasteiger partial charge in [-0.3, -0.25) is 4.79 Å². The molecule has 0 atom stereocenters. The van der Waals surface area contributed by atoms with Gasteiger partial charge in [-0.15, -0.1) is 11.8 Å². The highest BCUT2D eigenvalue weighted by Gasteiger charge is 2.07. The van der Waals surface area contributed by atoms with Crippen LogP contribution in [-0.4, -0.2) is 31.8 Å². The molecule has 2 rings (SSSR count). The van der Waals surface area contributed by atoms with E-state index >= 15 is 0 Å². The van der Waals surface area contributed by atoms with Gasteiger partial charge in [-0.1, -0.05) is 35.9 Å². The van der Waals surface area contributed by atoms with E-state index in [9.17, 15) is 4.79 Å². The van der Waals surface area contributed by atoms with Gasteiger partial charge in [0.15, 0.2) is 0 Å². The molecule has 20 heavy (non-hydrogen) atoms. The Morgan fingerprint density at radius 1 is 1.20 bits per heavy atom. The number of carbonyl (C=O) groups excluding carboxylic acids is 1. The van der Waals surface area contributed by atoms with E-state index in [4.69, 9.17) is 11.6 Å². The van der Waals surface area contributed by atoms with Crippen molar-refractivity contribution in [3.63, 3.8) is 0 Å². The zero-order valence-corrected chi connectivity index (χ0v) is 12.9. The molecular weight excluding hydrogens is 292 g/mol. The van der Waals surface area contributed by atoms with Crippen molar-refractivity contribution in [2.45, 2.75) is 4.90 Å². The van der Waals surface area contributed by atoms with Crippen LogP contribution in [0, 0.1) is 0 Å². The Morgan fingerprint density at radius 2 is 1.95 bits per heavy atom. The lowest BCUT2D eigenvalue weighted by Crippen LogP contribution is -2.31. The third kappa shape index (κ3) is 3.88. The fourth-order valence-corrected chi connectivity index (χ4v) is 3.18. The van der Waals surface area contributed by atoms with Crippen molar-refractivity contribution >= 4 is 40.0 Å². The van der Waals surface area contributed by atoms with Gasteiger partial charge < -0.3 is 10.6 Å². The van der Waals surface area contributed by atoms with E-state index in [1.807, 2.05) is 43.4 Å². The molecule has 2 aromatic rings. The van der Waals surface area contributed by atoms with Crippen molar-refractivity contribution in [2.24, 2.45) is 0 Å². The molecule has 2 N–H and O–H groups in total. The smallest absolute Gasteiger partial charge is 0.230 e. The van der Waals surface area contributed by atoms with Crippen molar-refractivity contribution in [1.82, 2.24) is 10.6 Å². The Hall–Kier alpha value is -1.23. The zero-order valence-electron chi connectivity index (χ0n) is 11.3. The number of hydrogen-bond donors (Lipinski definition) is 2. The molecule has 0 saturated heterocycles. The maximum absolute atomic E-state index is 11.7. The lowest BCUT2D eigenvalue weighted by molar-refractivity contribution is -0.118. The largest absolute Gasteiger partial charge is 0.354 e. The number of amides is 1. The first-order valence-corrected chi connectivity index (χ1v) is 7.80. The van der Waals surface area contributed by atoms with E-state index in [2.05, 4.69) is 10.6 Å². The van der Waals surface area contributed by atoms with Crippen LogP contribution in [0.25, 0.3) is 10.8 Å². The fraction of sp³-hybridized carbons (Fsp3) is 0.267. The van der Waals surface area contributed by atoms with Gasteiger partial charge in [0.05, 0.1) is 5.75 Å². The highest BCUT2D eigenvalue weighted by atomic mass is 35.5. The first kappa shape index (κ1) is 15.2. The predicted octanol–water partition coefficient (Wildman–Crippen LogP) is 2.92. The van der Waals surface area contributed by atoms with Gasteiger partial charge in [-0.25, -0.2) is 0 Å². The minimum absolute atomic E-state index is 0.0364. The predicted molar refractivity (Wildman–Crippen MR) is 86.6 cm³/mol. The van der Waals surface area contributed by atoms with Gasteiger partial charge in [0.1, 0.15) is 0 Å². The molecule has 106 valence electrons. The summed E-state index contributed by atoms with van der Waals surface area (Å²) in [7, 11) is 1.86. The number of carbonyl (C=O) groups is 1. The first-order chi connectivity index (χ1) is 9.72. The molecule has 0 fully saturated rings. The van der Waals surface area contributed by atoms with Crippen molar-refractivity contribution < 1.29 is 4.79 Å². The summed E-state index contributed by atoms with van der Waals surface area (Å²) in [4.78, 5) is 12.8. The third-order valence-electron chi connectivity index (χ3n) is 2.87. The average Bonchev–Trinajstić information content (AvgIpc) is 2.45. The molecule has 0 unspecified atom stereocenters. The first-order valence-electron chi connectivity index (χ1n) is 6.43. The molecule has 0 saturated carbocycles. The molecule has 2 aromatic carbocycles. The summed E-state index contributed by atoms with van der Waals surface area (Å²) in [6.07, 6.45) is 0. The number of halogens is 1. The van der Waals surface area contributed by atoms with Gasteiger partial charge in [0, 0.05) is 28.4 Å². The molecule has 1 amide bonds. The van der Waals surface area contributed by atoms with E-state index in [1.165, 1.54) is 11.8 Å². The summed E-state index contributed by atoms with van der Waals surface area (Å²) in [6.45, 7) is 1.42. The molecule has 0 aromatic heterocycles. The molecule has 0 aliphatic rings. The fourth-order valence-electron chi connectivity index (χ4n) is 1.90. The van der Waals surface area contributed by atoms with Crippen LogP contribution in [0.1, 0.15) is 0 Å².